The number of aliphatic carboxylic acids is 1. The van der Waals surface area contributed by atoms with Gasteiger partial charge < -0.3 is 10.0 Å². The van der Waals surface area contributed by atoms with Crippen molar-refractivity contribution in [2.45, 2.75) is 71.1 Å². The number of halogens is 2. The third-order valence-corrected chi connectivity index (χ3v) is 8.22. The van der Waals surface area contributed by atoms with Crippen LogP contribution in [0, 0.1) is 23.7 Å². The molecule has 0 radical (unpaired) electrons. The summed E-state index contributed by atoms with van der Waals surface area (Å²) in [4.78, 5) is 28.0. The molecule has 6 heteroatoms. The van der Waals surface area contributed by atoms with Crippen LogP contribution in [0.5, 0.6) is 0 Å². The van der Waals surface area contributed by atoms with E-state index in [1.54, 1.807) is 4.90 Å². The second-order valence-electron chi connectivity index (χ2n) is 9.77. The van der Waals surface area contributed by atoms with Crippen molar-refractivity contribution in [3.63, 3.8) is 0 Å². The first-order valence-electron chi connectivity index (χ1n) is 11.0. The second-order valence-corrected chi connectivity index (χ2v) is 10.6. The van der Waals surface area contributed by atoms with Gasteiger partial charge in [-0.3, -0.25) is 9.59 Å². The molecule has 1 amide bonds. The van der Waals surface area contributed by atoms with Crippen molar-refractivity contribution >= 4 is 35.1 Å². The van der Waals surface area contributed by atoms with Crippen molar-refractivity contribution in [3.8, 4) is 12.3 Å². The largest absolute Gasteiger partial charge is 0.481 e. The molecule has 4 nitrogen and oxygen atoms in total. The molecule has 1 N–H and O–H groups in total. The molecule has 1 fully saturated rings. The van der Waals surface area contributed by atoms with Gasteiger partial charge >= 0.3 is 5.97 Å². The third kappa shape index (κ3) is 3.85. The van der Waals surface area contributed by atoms with E-state index in [9.17, 15) is 14.7 Å². The molecule has 3 rings (SSSR count). The maximum atomic E-state index is 13.8. The molecule has 1 aliphatic heterocycles. The van der Waals surface area contributed by atoms with Crippen LogP contribution in [0.1, 0.15) is 87.2 Å². The molecule has 168 valence electrons. The number of carbonyl (C=O) groups is 2. The Labute approximate surface area is 195 Å². The van der Waals surface area contributed by atoms with Gasteiger partial charge in [0.15, 0.2) is 0 Å². The molecule has 3 atom stereocenters. The molecule has 0 unspecified atom stereocenters. The second kappa shape index (κ2) is 8.68. The molecular formula is C25H31Cl2NO3. The summed E-state index contributed by atoms with van der Waals surface area (Å²) < 4.78 is 0. The highest BCUT2D eigenvalue weighted by Crippen LogP contribution is 2.56. The van der Waals surface area contributed by atoms with Gasteiger partial charge in [0.2, 0.25) is 0 Å². The van der Waals surface area contributed by atoms with Crippen LogP contribution >= 0.6 is 23.2 Å². The fourth-order valence-electron chi connectivity index (χ4n) is 5.71. The summed E-state index contributed by atoms with van der Waals surface area (Å²) in [6.07, 6.45) is 8.77. The topological polar surface area (TPSA) is 57.6 Å². The summed E-state index contributed by atoms with van der Waals surface area (Å²) in [6.45, 7) is 8.73. The first-order chi connectivity index (χ1) is 14.5. The lowest BCUT2D eigenvalue weighted by atomic mass is 9.53. The van der Waals surface area contributed by atoms with Gasteiger partial charge in [0.1, 0.15) is 0 Å². The number of hydrogen-bond acceptors (Lipinski definition) is 2. The first-order valence-corrected chi connectivity index (χ1v) is 11.7. The van der Waals surface area contributed by atoms with Gasteiger partial charge in [-0.15, -0.1) is 12.3 Å². The highest BCUT2D eigenvalue weighted by atomic mass is 35.5. The number of hydrogen-bond donors (Lipinski definition) is 1. The number of unbranched alkanes of at least 4 members (excludes halogenated alkanes) is 1. The Morgan fingerprint density at radius 1 is 1.35 bits per heavy atom. The highest BCUT2D eigenvalue weighted by molar-refractivity contribution is 6.38. The van der Waals surface area contributed by atoms with Gasteiger partial charge in [-0.1, -0.05) is 50.4 Å². The van der Waals surface area contributed by atoms with Crippen molar-refractivity contribution in [2.75, 3.05) is 13.1 Å². The van der Waals surface area contributed by atoms with Crippen molar-refractivity contribution in [1.82, 2.24) is 4.90 Å². The van der Waals surface area contributed by atoms with Crippen LogP contribution in [0.2, 0.25) is 10.0 Å². The van der Waals surface area contributed by atoms with Crippen molar-refractivity contribution in [3.05, 3.63) is 32.8 Å². The van der Waals surface area contributed by atoms with E-state index in [1.807, 2.05) is 26.8 Å². The van der Waals surface area contributed by atoms with E-state index in [2.05, 4.69) is 12.8 Å². The first kappa shape index (κ1) is 24.0. The fourth-order valence-corrected chi connectivity index (χ4v) is 6.68. The number of nitrogens with zero attached hydrogens (tertiary/aromatic N) is 1. The summed E-state index contributed by atoms with van der Waals surface area (Å²) in [6, 6.07) is 1.88. The Morgan fingerprint density at radius 3 is 2.61 bits per heavy atom. The van der Waals surface area contributed by atoms with Crippen LogP contribution in [0.3, 0.4) is 0 Å². The van der Waals surface area contributed by atoms with Gasteiger partial charge in [0.25, 0.3) is 5.91 Å². The average Bonchev–Trinajstić information content (AvgIpc) is 2.76. The number of terminal acetylenes is 1. The minimum atomic E-state index is -0.949. The van der Waals surface area contributed by atoms with E-state index in [-0.39, 0.29) is 17.7 Å². The molecule has 1 aliphatic carbocycles. The smallest absolute Gasteiger partial charge is 0.309 e. The van der Waals surface area contributed by atoms with E-state index >= 15 is 0 Å². The Morgan fingerprint density at radius 2 is 2.03 bits per heavy atom. The molecule has 1 saturated carbocycles. The molecule has 1 aromatic carbocycles. The van der Waals surface area contributed by atoms with Crippen LogP contribution in [0.25, 0.3) is 0 Å². The lowest BCUT2D eigenvalue weighted by Gasteiger charge is -2.50. The minimum Gasteiger partial charge on any atom is -0.481 e. The van der Waals surface area contributed by atoms with Gasteiger partial charge in [-0.2, -0.15) is 0 Å². The molecule has 2 aliphatic rings. The standard InChI is InChI=1S/C25H31Cl2NO3/c1-6-7-8-12-28-14-18-24(4,10-9-11-25(18,5)23(30)31)16-13-17(26)19(15(2)3)21(27)20(16)22(28)29/h1,13,15,18H,7-12,14H2,2-5H3,(H,30,31)/t18-,24-,25-/m1/s1. The van der Waals surface area contributed by atoms with Crippen LogP contribution in [0.15, 0.2) is 6.07 Å². The molecular weight excluding hydrogens is 433 g/mol. The lowest BCUT2D eigenvalue weighted by molar-refractivity contribution is -0.157. The predicted octanol–water partition coefficient (Wildman–Crippen LogP) is 6.13. The molecule has 0 spiro atoms. The van der Waals surface area contributed by atoms with E-state index in [0.29, 0.717) is 48.0 Å². The SMILES string of the molecule is C#CCCCN1C[C@H]2[C@](C)(C(=O)O)CCC[C@]2(C)c2cc(Cl)c(C(C)C)c(Cl)c2C1=O. The van der Waals surface area contributed by atoms with E-state index < -0.39 is 16.8 Å². The van der Waals surface area contributed by atoms with Gasteiger partial charge in [0, 0.05) is 30.5 Å². The maximum Gasteiger partial charge on any atom is 0.309 e. The number of carbonyl (C=O) groups excluding carboxylic acids is 1. The van der Waals surface area contributed by atoms with Crippen LogP contribution < -0.4 is 0 Å². The van der Waals surface area contributed by atoms with Gasteiger partial charge in [-0.25, -0.2) is 0 Å². The third-order valence-electron chi connectivity index (χ3n) is 7.52. The number of rotatable bonds is 5. The molecule has 0 bridgehead atoms. The zero-order chi connectivity index (χ0) is 23.1. The number of fused-ring (bicyclic) bond motifs is 3. The Balaban J connectivity index is 2.29. The Kier molecular flexibility index (Phi) is 6.71. The Hall–Kier alpha value is -1.70. The number of amides is 1. The van der Waals surface area contributed by atoms with Gasteiger partial charge in [0.05, 0.1) is 16.0 Å². The zero-order valence-electron chi connectivity index (χ0n) is 18.7. The maximum absolute atomic E-state index is 13.8. The fraction of sp³-hybridized carbons (Fsp3) is 0.600. The summed E-state index contributed by atoms with van der Waals surface area (Å²) in [5.41, 5.74) is 0.552. The van der Waals surface area contributed by atoms with E-state index in [4.69, 9.17) is 29.6 Å². The minimum absolute atomic E-state index is 0.0514. The molecule has 31 heavy (non-hydrogen) atoms. The molecule has 1 aromatic rings. The molecule has 1 heterocycles. The predicted molar refractivity (Wildman–Crippen MR) is 125 cm³/mol. The number of carboxylic acids is 1. The summed E-state index contributed by atoms with van der Waals surface area (Å²) in [7, 11) is 0. The van der Waals surface area contributed by atoms with Crippen LogP contribution in [0.4, 0.5) is 0 Å². The summed E-state index contributed by atoms with van der Waals surface area (Å²) in [5, 5.41) is 11.1. The monoisotopic (exact) mass is 463 g/mol. The molecule has 0 aromatic heterocycles. The number of carboxylic acid groups (broad SMARTS) is 1. The Bertz CT molecular complexity index is 951. The molecule has 0 saturated heterocycles. The summed E-state index contributed by atoms with van der Waals surface area (Å²) >= 11 is 13.5. The number of benzene rings is 1. The quantitative estimate of drug-likeness (QED) is 0.421. The normalized spacial score (nSPS) is 28.0. The van der Waals surface area contributed by atoms with Crippen molar-refractivity contribution in [1.29, 1.82) is 0 Å². The van der Waals surface area contributed by atoms with E-state index in [1.165, 1.54) is 0 Å². The summed E-state index contributed by atoms with van der Waals surface area (Å²) in [5.74, 6) is 1.44. The van der Waals surface area contributed by atoms with Crippen molar-refractivity contribution < 1.29 is 14.7 Å². The van der Waals surface area contributed by atoms with Crippen molar-refractivity contribution in [2.24, 2.45) is 11.3 Å². The van der Waals surface area contributed by atoms with Gasteiger partial charge in [-0.05, 0) is 54.7 Å². The lowest BCUT2D eigenvalue weighted by Crippen LogP contribution is -2.53. The zero-order valence-corrected chi connectivity index (χ0v) is 20.2. The highest BCUT2D eigenvalue weighted by Gasteiger charge is 2.57. The van der Waals surface area contributed by atoms with Crippen LogP contribution in [-0.2, 0) is 10.2 Å². The average molecular weight is 464 g/mol. The van der Waals surface area contributed by atoms with E-state index in [0.717, 1.165) is 24.0 Å². The van der Waals surface area contributed by atoms with Crippen LogP contribution in [-0.4, -0.2) is 35.0 Å².